The van der Waals surface area contributed by atoms with Gasteiger partial charge in [0.15, 0.2) is 0 Å². The van der Waals surface area contributed by atoms with Crippen molar-refractivity contribution in [3.05, 3.63) is 36.2 Å². The molecule has 0 amide bonds. The molecule has 0 aliphatic heterocycles. The number of hydrogen-bond donors (Lipinski definition) is 1. The van der Waals surface area contributed by atoms with E-state index in [2.05, 4.69) is 29.6 Å². The highest BCUT2D eigenvalue weighted by molar-refractivity contribution is 6.74. The second kappa shape index (κ2) is 6.22. The van der Waals surface area contributed by atoms with Crippen molar-refractivity contribution in [1.29, 1.82) is 0 Å². The van der Waals surface area contributed by atoms with Gasteiger partial charge in [0.1, 0.15) is 13.8 Å². The summed E-state index contributed by atoms with van der Waals surface area (Å²) in [5.74, 6) is -0.357. The molecule has 5 heteroatoms. The van der Waals surface area contributed by atoms with Crippen molar-refractivity contribution in [1.82, 2.24) is 9.97 Å². The van der Waals surface area contributed by atoms with Crippen LogP contribution in [0, 0.1) is 0 Å². The lowest BCUT2D eigenvalue weighted by molar-refractivity contribution is -0.148. The Morgan fingerprint density at radius 1 is 1.30 bits per heavy atom. The van der Waals surface area contributed by atoms with Crippen molar-refractivity contribution < 1.29 is 9.53 Å². The van der Waals surface area contributed by atoms with Gasteiger partial charge < -0.3 is 9.72 Å². The van der Waals surface area contributed by atoms with Crippen LogP contribution in [0.3, 0.4) is 0 Å². The van der Waals surface area contributed by atoms with Crippen LogP contribution in [0.15, 0.2) is 30.5 Å². The molecule has 0 fully saturated rings. The van der Waals surface area contributed by atoms with E-state index in [1.165, 1.54) is 6.08 Å². The summed E-state index contributed by atoms with van der Waals surface area (Å²) < 4.78 is 5.34. The number of rotatable bonds is 4. The second-order valence-electron chi connectivity index (χ2n) is 6.68. The van der Waals surface area contributed by atoms with Gasteiger partial charge in [-0.25, -0.2) is 4.79 Å². The maximum absolute atomic E-state index is 12.0. The summed E-state index contributed by atoms with van der Waals surface area (Å²) >= 11 is 0. The van der Waals surface area contributed by atoms with Crippen LogP contribution in [0.2, 0.25) is 19.6 Å². The number of carbonyl (C=O) groups is 1. The number of aromatic nitrogens is 1. The molecule has 1 heterocycles. The first-order valence-corrected chi connectivity index (χ1v) is 10.2. The van der Waals surface area contributed by atoms with Crippen molar-refractivity contribution in [2.24, 2.45) is 0 Å². The molecule has 20 heavy (non-hydrogen) atoms. The molecule has 0 spiro atoms. The first-order chi connectivity index (χ1) is 9.07. The number of ether oxygens (including phenoxy) is 1. The normalized spacial score (nSPS) is 13.0. The van der Waals surface area contributed by atoms with Gasteiger partial charge in [-0.1, -0.05) is 25.7 Å². The second-order valence-corrected chi connectivity index (χ2v) is 11.4. The molecule has 0 unspecified atom stereocenters. The third-order valence-electron chi connectivity index (χ3n) is 2.12. The van der Waals surface area contributed by atoms with Gasteiger partial charge in [0.2, 0.25) is 0 Å². The largest absolute Gasteiger partial charge is 0.457 e. The molecule has 1 N–H and O–H groups in total. The molecule has 0 saturated heterocycles. The van der Waals surface area contributed by atoms with Crippen molar-refractivity contribution in [3.63, 3.8) is 0 Å². The third kappa shape index (κ3) is 6.52. The molecular formula is C15H24N2O2Si. The first kappa shape index (κ1) is 16.4. The molecule has 0 bridgehead atoms. The fourth-order valence-electron chi connectivity index (χ4n) is 1.55. The van der Waals surface area contributed by atoms with Gasteiger partial charge >= 0.3 is 5.97 Å². The van der Waals surface area contributed by atoms with Crippen LogP contribution in [0.4, 0.5) is 0 Å². The fourth-order valence-corrected chi connectivity index (χ4v) is 2.56. The Bertz CT molecular complexity index is 485. The Hall–Kier alpha value is -1.62. The monoisotopic (exact) mass is 292 g/mol. The highest BCUT2D eigenvalue weighted by atomic mass is 28.3. The van der Waals surface area contributed by atoms with Crippen LogP contribution < -0.4 is 4.98 Å². The molecule has 1 aromatic rings. The number of nitrogens with one attached hydrogen (secondary N) is 1. The Morgan fingerprint density at radius 3 is 2.40 bits per heavy atom. The minimum Gasteiger partial charge on any atom is -0.457 e. The zero-order valence-corrected chi connectivity index (χ0v) is 14.2. The van der Waals surface area contributed by atoms with Crippen LogP contribution in [0.1, 0.15) is 26.5 Å². The number of hydrogen-bond acceptors (Lipinski definition) is 4. The molecule has 0 aliphatic rings. The fraction of sp³-hybridized carbons (Fsp3) is 0.467. The topological polar surface area (TPSA) is 51.2 Å². The van der Waals surface area contributed by atoms with Gasteiger partial charge in [-0.05, 0) is 32.9 Å². The number of esters is 1. The molecule has 0 atom stereocenters. The van der Waals surface area contributed by atoms with Crippen molar-refractivity contribution in [2.75, 3.05) is 0 Å². The first-order valence-electron chi connectivity index (χ1n) is 6.71. The quantitative estimate of drug-likeness (QED) is 0.526. The lowest BCUT2D eigenvalue weighted by Crippen LogP contribution is -2.40. The minimum absolute atomic E-state index is 0.357. The summed E-state index contributed by atoms with van der Waals surface area (Å²) in [7, 11) is -1.59. The molecule has 4 nitrogen and oxygen atoms in total. The Balaban J connectivity index is 3.02. The third-order valence-corrected chi connectivity index (χ3v) is 3.14. The molecule has 110 valence electrons. The zero-order valence-electron chi connectivity index (χ0n) is 13.2. The standard InChI is InChI=1S/C15H24N2O2Si/c1-15(2,3)19-14(18)11-13(17-20(4,5)6)12-9-7-8-10-16-12/h7-11,17H,1-6H3/b13-11-. The van der Waals surface area contributed by atoms with Gasteiger partial charge in [-0.15, -0.1) is 0 Å². The molecule has 0 radical (unpaired) electrons. The zero-order chi connectivity index (χ0) is 15.4. The van der Waals surface area contributed by atoms with E-state index in [1.807, 2.05) is 39.0 Å². The van der Waals surface area contributed by atoms with Crippen molar-refractivity contribution in [3.8, 4) is 0 Å². The Labute approximate surface area is 122 Å². The molecule has 0 aromatic carbocycles. The van der Waals surface area contributed by atoms with E-state index in [1.54, 1.807) is 6.20 Å². The predicted octanol–water partition coefficient (Wildman–Crippen LogP) is 3.19. The van der Waals surface area contributed by atoms with Gasteiger partial charge in [0.05, 0.1) is 11.4 Å². The smallest absolute Gasteiger partial charge is 0.333 e. The van der Waals surface area contributed by atoms with Crippen molar-refractivity contribution >= 4 is 19.9 Å². The van der Waals surface area contributed by atoms with E-state index >= 15 is 0 Å². The Kier molecular flexibility index (Phi) is 5.11. The number of pyridine rings is 1. The summed E-state index contributed by atoms with van der Waals surface area (Å²) in [5, 5.41) is 0. The lowest BCUT2D eigenvalue weighted by atomic mass is 10.2. The van der Waals surface area contributed by atoms with Gasteiger partial charge in [-0.2, -0.15) is 0 Å². The van der Waals surface area contributed by atoms with Gasteiger partial charge in [-0.3, -0.25) is 4.98 Å². The van der Waals surface area contributed by atoms with Crippen molar-refractivity contribution in [2.45, 2.75) is 46.0 Å². The lowest BCUT2D eigenvalue weighted by Gasteiger charge is -2.23. The van der Waals surface area contributed by atoms with Gasteiger partial charge in [0.25, 0.3) is 0 Å². The summed E-state index contributed by atoms with van der Waals surface area (Å²) in [6, 6.07) is 5.63. The van der Waals surface area contributed by atoms with E-state index in [9.17, 15) is 4.79 Å². The summed E-state index contributed by atoms with van der Waals surface area (Å²) in [6.07, 6.45) is 3.20. The molecular weight excluding hydrogens is 268 g/mol. The average molecular weight is 292 g/mol. The predicted molar refractivity (Wildman–Crippen MR) is 84.5 cm³/mol. The maximum Gasteiger partial charge on any atom is 0.333 e. The SMILES string of the molecule is CC(C)(C)OC(=O)/C=C(\N[Si](C)(C)C)c1ccccn1. The molecule has 0 aliphatic carbocycles. The van der Waals surface area contributed by atoms with Crippen LogP contribution in [-0.2, 0) is 9.53 Å². The molecule has 0 saturated carbocycles. The Morgan fingerprint density at radius 2 is 1.95 bits per heavy atom. The van der Waals surface area contributed by atoms with E-state index in [0.717, 1.165) is 11.4 Å². The molecule has 1 aromatic heterocycles. The summed E-state index contributed by atoms with van der Waals surface area (Å²) in [6.45, 7) is 12.1. The van der Waals surface area contributed by atoms with E-state index in [4.69, 9.17) is 4.74 Å². The van der Waals surface area contributed by atoms with Crippen LogP contribution in [0.25, 0.3) is 5.70 Å². The maximum atomic E-state index is 12.0. The van der Waals surface area contributed by atoms with Crippen LogP contribution in [0.5, 0.6) is 0 Å². The minimum atomic E-state index is -1.59. The van der Waals surface area contributed by atoms with Gasteiger partial charge in [0, 0.05) is 12.3 Å². The average Bonchev–Trinajstić information content (AvgIpc) is 2.25. The van der Waals surface area contributed by atoms with E-state index in [0.29, 0.717) is 0 Å². The summed E-state index contributed by atoms with van der Waals surface area (Å²) in [4.78, 5) is 19.7. The van der Waals surface area contributed by atoms with E-state index in [-0.39, 0.29) is 5.97 Å². The number of carbonyl (C=O) groups excluding carboxylic acids is 1. The van der Waals surface area contributed by atoms with E-state index < -0.39 is 13.8 Å². The highest BCUT2D eigenvalue weighted by Crippen LogP contribution is 2.14. The van der Waals surface area contributed by atoms with Crippen LogP contribution >= 0.6 is 0 Å². The van der Waals surface area contributed by atoms with Crippen LogP contribution in [-0.4, -0.2) is 24.8 Å². The highest BCUT2D eigenvalue weighted by Gasteiger charge is 2.19. The summed E-state index contributed by atoms with van der Waals surface area (Å²) in [5.41, 5.74) is 0.974. The molecule has 1 rings (SSSR count). The number of nitrogens with zero attached hydrogens (tertiary/aromatic N) is 1.